The Kier molecular flexibility index (Phi) is 9.33. The number of rotatable bonds is 6. The van der Waals surface area contributed by atoms with E-state index in [0.29, 0.717) is 11.0 Å². The van der Waals surface area contributed by atoms with Crippen LogP contribution in [0.2, 0.25) is 0 Å². The molecule has 0 saturated carbocycles. The molecule has 184 valence electrons. The molecule has 0 bridgehead atoms. The molecule has 0 fully saturated rings. The third-order valence-electron chi connectivity index (χ3n) is 5.23. The van der Waals surface area contributed by atoms with E-state index in [-0.39, 0.29) is 5.91 Å². The van der Waals surface area contributed by atoms with Gasteiger partial charge in [0.05, 0.1) is 6.20 Å². The number of hydrogen-bond acceptors (Lipinski definition) is 6. The first-order chi connectivity index (χ1) is 17.3. The SMILES string of the molecule is NC=C(NC(=O)c1ccccc1)[P+](c1ccccc1)(c1ccccc1)c1ccccc1.[O-][Cl+3]([O-])([O-])[O-]. The van der Waals surface area contributed by atoms with Crippen molar-refractivity contribution in [3.63, 3.8) is 0 Å². The van der Waals surface area contributed by atoms with Crippen LogP contribution >= 0.6 is 7.26 Å². The van der Waals surface area contributed by atoms with Crippen LogP contribution < -0.4 is 45.6 Å². The average Bonchev–Trinajstić information content (AvgIpc) is 2.90. The summed E-state index contributed by atoms with van der Waals surface area (Å²) < 4.78 is 34.0. The van der Waals surface area contributed by atoms with Gasteiger partial charge in [-0.05, 0) is 48.5 Å². The normalized spacial score (nSPS) is 11.7. The lowest BCUT2D eigenvalue weighted by atomic mass is 10.2. The number of nitrogens with two attached hydrogens (primary N) is 1. The average molecular weight is 523 g/mol. The highest BCUT2D eigenvalue weighted by atomic mass is 35.7. The second kappa shape index (κ2) is 12.4. The fourth-order valence-corrected chi connectivity index (χ4v) is 7.91. The van der Waals surface area contributed by atoms with Gasteiger partial charge in [0, 0.05) is 5.56 Å². The first kappa shape index (κ1) is 27.0. The number of hydrogen-bond donors (Lipinski definition) is 2. The number of nitrogens with one attached hydrogen (secondary N) is 1. The van der Waals surface area contributed by atoms with Crippen molar-refractivity contribution in [3.05, 3.63) is 139 Å². The molecule has 4 aromatic rings. The Morgan fingerprint density at radius 1 is 0.639 bits per heavy atom. The van der Waals surface area contributed by atoms with Crippen LogP contribution in [0.4, 0.5) is 0 Å². The van der Waals surface area contributed by atoms with Crippen LogP contribution in [0.25, 0.3) is 0 Å². The van der Waals surface area contributed by atoms with Crippen LogP contribution in [-0.2, 0) is 0 Å². The fraction of sp³-hybridized carbons (Fsp3) is 0. The Bertz CT molecular complexity index is 1170. The highest BCUT2D eigenvalue weighted by molar-refractivity contribution is 7.99. The van der Waals surface area contributed by atoms with Gasteiger partial charge in [-0.3, -0.25) is 10.1 Å². The zero-order chi connectivity index (χ0) is 26.0. The standard InChI is InChI=1S/C27H23N2OP.ClHO4/c28-21-26(29-27(30)22-13-5-1-6-14-22)31(23-15-7-2-8-16-23,24-17-9-3-10-18-24)25-19-11-4-12-20-25;2-1(3,4)5/h1-21H,28H2;(H,2,3,4,5). The minimum absolute atomic E-state index is 0.176. The third kappa shape index (κ3) is 6.77. The Balaban J connectivity index is 0.000000658. The van der Waals surface area contributed by atoms with Gasteiger partial charge < -0.3 is 5.73 Å². The summed E-state index contributed by atoms with van der Waals surface area (Å²) in [5.41, 5.74) is 7.55. The van der Waals surface area contributed by atoms with Crippen molar-refractivity contribution >= 4 is 29.1 Å². The van der Waals surface area contributed by atoms with E-state index in [1.165, 1.54) is 0 Å². The van der Waals surface area contributed by atoms with Gasteiger partial charge >= 0.3 is 0 Å². The van der Waals surface area contributed by atoms with Gasteiger partial charge in [-0.2, -0.15) is 0 Å². The Labute approximate surface area is 212 Å². The maximum absolute atomic E-state index is 13.2. The molecule has 1 amide bonds. The second-order valence-electron chi connectivity index (χ2n) is 7.43. The lowest BCUT2D eigenvalue weighted by Gasteiger charge is -2.29. The number of halogens is 1. The summed E-state index contributed by atoms with van der Waals surface area (Å²) in [4.78, 5) is 13.2. The topological polar surface area (TPSA) is 147 Å². The summed E-state index contributed by atoms with van der Waals surface area (Å²) in [6.45, 7) is 0. The monoisotopic (exact) mass is 522 g/mol. The molecule has 0 saturated heterocycles. The Morgan fingerprint density at radius 3 is 1.25 bits per heavy atom. The summed E-state index contributed by atoms with van der Waals surface area (Å²) in [6.07, 6.45) is 1.56. The van der Waals surface area contributed by atoms with Gasteiger partial charge in [-0.1, -0.05) is 72.8 Å². The molecule has 0 heterocycles. The van der Waals surface area contributed by atoms with E-state index in [0.717, 1.165) is 15.9 Å². The van der Waals surface area contributed by atoms with Gasteiger partial charge in [0.25, 0.3) is 5.91 Å². The van der Waals surface area contributed by atoms with Crippen molar-refractivity contribution in [1.29, 1.82) is 0 Å². The Morgan fingerprint density at radius 2 is 0.944 bits per heavy atom. The summed E-state index contributed by atoms with van der Waals surface area (Å²) in [5.74, 6) is -0.176. The van der Waals surface area contributed by atoms with Crippen molar-refractivity contribution in [1.82, 2.24) is 5.32 Å². The lowest BCUT2D eigenvalue weighted by Crippen LogP contribution is -2.68. The zero-order valence-electron chi connectivity index (χ0n) is 19.1. The highest BCUT2D eigenvalue weighted by Crippen LogP contribution is 2.61. The molecule has 36 heavy (non-hydrogen) atoms. The largest absolute Gasteiger partial charge is 0.400 e. The van der Waals surface area contributed by atoms with E-state index in [4.69, 9.17) is 24.4 Å². The van der Waals surface area contributed by atoms with Gasteiger partial charge in [0.15, 0.2) is 12.7 Å². The van der Waals surface area contributed by atoms with E-state index in [1.807, 2.05) is 72.8 Å². The molecule has 0 unspecified atom stereocenters. The van der Waals surface area contributed by atoms with E-state index in [1.54, 1.807) is 18.3 Å². The second-order valence-corrected chi connectivity index (χ2v) is 11.6. The van der Waals surface area contributed by atoms with E-state index in [2.05, 4.69) is 41.7 Å². The lowest BCUT2D eigenvalue weighted by molar-refractivity contribution is -2.00. The van der Waals surface area contributed by atoms with Gasteiger partial charge in [-0.15, -0.1) is 10.2 Å². The van der Waals surface area contributed by atoms with Crippen molar-refractivity contribution in [2.75, 3.05) is 0 Å². The van der Waals surface area contributed by atoms with Crippen molar-refractivity contribution in [2.24, 2.45) is 5.73 Å². The van der Waals surface area contributed by atoms with E-state index in [9.17, 15) is 4.79 Å². The molecule has 0 aliphatic heterocycles. The summed E-state index contributed by atoms with van der Waals surface area (Å²) in [6, 6.07) is 40.1. The van der Waals surface area contributed by atoms with Crippen LogP contribution in [0.15, 0.2) is 133 Å². The molecule has 7 nitrogen and oxygen atoms in total. The van der Waals surface area contributed by atoms with E-state index >= 15 is 0 Å². The molecule has 3 N–H and O–H groups in total. The molecule has 0 spiro atoms. The van der Waals surface area contributed by atoms with Crippen molar-refractivity contribution < 1.29 is 33.7 Å². The minimum atomic E-state index is -4.94. The molecule has 0 radical (unpaired) electrons. The molecule has 4 rings (SSSR count). The van der Waals surface area contributed by atoms with E-state index < -0.39 is 17.5 Å². The van der Waals surface area contributed by atoms with Crippen molar-refractivity contribution in [3.8, 4) is 0 Å². The van der Waals surface area contributed by atoms with Crippen molar-refractivity contribution in [2.45, 2.75) is 0 Å². The summed E-state index contributed by atoms with van der Waals surface area (Å²) >= 11 is 0. The van der Waals surface area contributed by atoms with Crippen LogP contribution in [0, 0.1) is 10.2 Å². The molecule has 0 aliphatic carbocycles. The highest BCUT2D eigenvalue weighted by Gasteiger charge is 2.50. The van der Waals surface area contributed by atoms with Gasteiger partial charge in [-0.25, -0.2) is 18.6 Å². The number of carbonyl (C=O) groups excluding carboxylic acids is 1. The summed E-state index contributed by atoms with van der Waals surface area (Å²) in [7, 11) is -7.38. The molecule has 0 aliphatic rings. The predicted octanol–water partition coefficient (Wildman–Crippen LogP) is -0.588. The zero-order valence-corrected chi connectivity index (χ0v) is 20.7. The number of carbonyl (C=O) groups is 1. The molecular formula is C27H24ClN2O5P. The molecule has 9 heteroatoms. The third-order valence-corrected chi connectivity index (χ3v) is 9.43. The number of amides is 1. The maximum atomic E-state index is 13.2. The molecule has 0 aromatic heterocycles. The Hall–Kier alpha value is -3.55. The predicted molar refractivity (Wildman–Crippen MR) is 131 cm³/mol. The van der Waals surface area contributed by atoms with Crippen LogP contribution in [-0.4, -0.2) is 5.91 Å². The van der Waals surface area contributed by atoms with Gasteiger partial charge in [0.1, 0.15) is 15.9 Å². The first-order valence-electron chi connectivity index (χ1n) is 10.7. The van der Waals surface area contributed by atoms with Crippen LogP contribution in [0.1, 0.15) is 10.4 Å². The van der Waals surface area contributed by atoms with Gasteiger partial charge in [0.2, 0.25) is 0 Å². The van der Waals surface area contributed by atoms with Crippen LogP contribution in [0.5, 0.6) is 0 Å². The molecule has 4 aromatic carbocycles. The minimum Gasteiger partial charge on any atom is -0.400 e. The number of benzene rings is 4. The van der Waals surface area contributed by atoms with Crippen LogP contribution in [0.3, 0.4) is 0 Å². The maximum Gasteiger partial charge on any atom is 0.258 e. The summed E-state index contributed by atoms with van der Waals surface area (Å²) in [5, 5.41) is 6.53. The first-order valence-corrected chi connectivity index (χ1v) is 13.8. The quantitative estimate of drug-likeness (QED) is 0.324. The fourth-order valence-electron chi connectivity index (χ4n) is 3.83. The molecular weight excluding hydrogens is 499 g/mol. The smallest absolute Gasteiger partial charge is 0.258 e. The molecule has 0 atom stereocenters.